The van der Waals surface area contributed by atoms with Gasteiger partial charge in [-0.1, -0.05) is 42.3 Å². The first-order chi connectivity index (χ1) is 25.2. The molecule has 4 bridgehead atoms. The minimum absolute atomic E-state index is 0.0277. The maximum absolute atomic E-state index is 13.7. The Morgan fingerprint density at radius 1 is 1.25 bits per heavy atom. The molecule has 8 atom stereocenters. The van der Waals surface area contributed by atoms with Gasteiger partial charge in [0.25, 0.3) is 0 Å². The van der Waals surface area contributed by atoms with E-state index < -0.39 is 60.1 Å². The Hall–Kier alpha value is -4.60. The van der Waals surface area contributed by atoms with E-state index >= 15 is 0 Å². The van der Waals surface area contributed by atoms with Crippen molar-refractivity contribution in [1.29, 1.82) is 0 Å². The number of pyridine rings is 1. The zero-order valence-corrected chi connectivity index (χ0v) is 31.2. The number of rotatable bonds is 4. The van der Waals surface area contributed by atoms with Gasteiger partial charge in [-0.15, -0.1) is 0 Å². The zero-order chi connectivity index (χ0) is 38.2. The van der Waals surface area contributed by atoms with Crippen LogP contribution in [0.1, 0.15) is 39.2 Å². The lowest BCUT2D eigenvalue weighted by atomic mass is 9.83. The molecule has 6 N–H and O–H groups in total. The average Bonchev–Trinajstić information content (AvgIpc) is 3.82. The van der Waals surface area contributed by atoms with Gasteiger partial charge in [0.05, 0.1) is 30.1 Å². The van der Waals surface area contributed by atoms with E-state index in [2.05, 4.69) is 15.6 Å². The summed E-state index contributed by atoms with van der Waals surface area (Å²) >= 11 is 6.81. The van der Waals surface area contributed by atoms with Crippen LogP contribution in [0.4, 0.5) is 26.7 Å². The molecule has 0 aliphatic carbocycles. The number of methoxy groups -OCH3 is 2. The van der Waals surface area contributed by atoms with E-state index in [-0.39, 0.29) is 12.8 Å². The van der Waals surface area contributed by atoms with Crippen molar-refractivity contribution in [2.45, 2.75) is 82.0 Å². The fourth-order valence-corrected chi connectivity index (χ4v) is 7.62. The number of carbonyl (C=O) groups excluding carboxylic acids is 2. The quantitative estimate of drug-likeness (QED) is 0.171. The molecule has 2 amide bonds. The summed E-state index contributed by atoms with van der Waals surface area (Å²) in [4.78, 5) is 32.5. The molecule has 4 heterocycles. The smallest absolute Gasteiger partial charge is 0.412 e. The largest absolute Gasteiger partial charge is 0.495 e. The van der Waals surface area contributed by atoms with Gasteiger partial charge in [-0.3, -0.25) is 15.6 Å². The summed E-state index contributed by atoms with van der Waals surface area (Å²) in [7, 11) is 4.64. The molecule has 2 aromatic carbocycles. The van der Waals surface area contributed by atoms with E-state index in [9.17, 15) is 19.8 Å². The molecule has 14 nitrogen and oxygen atoms in total. The molecule has 3 aliphatic rings. The zero-order valence-electron chi connectivity index (χ0n) is 30.5. The number of nitrogens with zero attached hydrogens (tertiary/aromatic N) is 2. The molecule has 2 fully saturated rings. The molecule has 53 heavy (non-hydrogen) atoms. The van der Waals surface area contributed by atoms with Crippen molar-refractivity contribution >= 4 is 51.8 Å². The number of hydrogen-bond donors (Lipinski definition) is 5. The number of carbonyl (C=O) groups is 2. The van der Waals surface area contributed by atoms with Crippen molar-refractivity contribution in [3.63, 3.8) is 0 Å². The van der Waals surface area contributed by atoms with Crippen molar-refractivity contribution in [3.05, 3.63) is 77.0 Å². The molecule has 0 radical (unpaired) electrons. The van der Waals surface area contributed by atoms with Crippen LogP contribution in [0.15, 0.2) is 66.4 Å². The van der Waals surface area contributed by atoms with Gasteiger partial charge in [-0.25, -0.2) is 9.59 Å². The van der Waals surface area contributed by atoms with Gasteiger partial charge in [0.15, 0.2) is 5.72 Å². The molecule has 284 valence electrons. The fourth-order valence-electron chi connectivity index (χ4n) is 7.30. The number of fused-ring (bicyclic) bond motifs is 6. The van der Waals surface area contributed by atoms with E-state index in [0.29, 0.717) is 45.2 Å². The summed E-state index contributed by atoms with van der Waals surface area (Å²) in [5.74, 6) is -0.0760. The Morgan fingerprint density at radius 3 is 2.75 bits per heavy atom. The van der Waals surface area contributed by atoms with E-state index in [1.165, 1.54) is 14.2 Å². The Kier molecular flexibility index (Phi) is 10.8. The summed E-state index contributed by atoms with van der Waals surface area (Å²) in [6.45, 7) is 5.54. The van der Waals surface area contributed by atoms with Gasteiger partial charge in [0.1, 0.15) is 40.9 Å². The highest BCUT2D eigenvalue weighted by molar-refractivity contribution is 6.34. The number of nitrogens with two attached hydrogens (primary N) is 1. The average molecular weight is 752 g/mol. The van der Waals surface area contributed by atoms with Crippen molar-refractivity contribution in [2.24, 2.45) is 5.92 Å². The third-order valence-electron chi connectivity index (χ3n) is 10.4. The second-order valence-electron chi connectivity index (χ2n) is 14.1. The van der Waals surface area contributed by atoms with Crippen molar-refractivity contribution < 1.29 is 43.5 Å². The maximum atomic E-state index is 13.7. The molecular formula is C38H46ClN5O9. The first-order valence-corrected chi connectivity index (χ1v) is 17.7. The molecular weight excluding hydrogens is 706 g/mol. The number of aliphatic hydroxyl groups is 2. The molecule has 3 aliphatic heterocycles. The van der Waals surface area contributed by atoms with Crippen molar-refractivity contribution in [2.75, 3.05) is 37.2 Å². The Bertz CT molecular complexity index is 1940. The van der Waals surface area contributed by atoms with Gasteiger partial charge in [-0.2, -0.15) is 0 Å². The molecule has 6 rings (SSSR count). The minimum atomic E-state index is -1.81. The maximum Gasteiger partial charge on any atom is 0.412 e. The normalized spacial score (nSPS) is 32.0. The van der Waals surface area contributed by atoms with Gasteiger partial charge in [0, 0.05) is 50.2 Å². The highest BCUT2D eigenvalue weighted by Gasteiger charge is 2.64. The summed E-state index contributed by atoms with van der Waals surface area (Å²) in [5, 5.41) is 29.8. The molecule has 1 aromatic heterocycles. The number of halogens is 1. The van der Waals surface area contributed by atoms with Crippen LogP contribution in [0, 0.1) is 5.92 Å². The molecule has 3 aromatic rings. The highest BCUT2D eigenvalue weighted by atomic mass is 35.5. The Balaban J connectivity index is 1.38. The van der Waals surface area contributed by atoms with Crippen LogP contribution in [0.2, 0.25) is 5.02 Å². The second-order valence-corrected chi connectivity index (χ2v) is 14.5. The number of amides is 2. The van der Waals surface area contributed by atoms with Gasteiger partial charge in [0.2, 0.25) is 0 Å². The predicted octanol–water partition coefficient (Wildman–Crippen LogP) is 5.30. The van der Waals surface area contributed by atoms with Crippen LogP contribution >= 0.6 is 11.6 Å². The van der Waals surface area contributed by atoms with Gasteiger partial charge < -0.3 is 44.5 Å². The Morgan fingerprint density at radius 2 is 2.02 bits per heavy atom. The highest BCUT2D eigenvalue weighted by Crippen LogP contribution is 2.49. The summed E-state index contributed by atoms with van der Waals surface area (Å²) in [6, 6.07) is 10.5. The number of benzene rings is 2. The first kappa shape index (κ1) is 38.1. The molecule has 2 saturated heterocycles. The van der Waals surface area contributed by atoms with Crippen LogP contribution in [0.3, 0.4) is 0 Å². The second kappa shape index (κ2) is 15.0. The first-order valence-electron chi connectivity index (χ1n) is 17.3. The van der Waals surface area contributed by atoms with Crippen LogP contribution < -0.4 is 26.0 Å². The number of nitrogens with one attached hydrogen (secondary N) is 2. The van der Waals surface area contributed by atoms with Gasteiger partial charge in [-0.05, 0) is 62.2 Å². The van der Waals surface area contributed by atoms with Crippen LogP contribution in [-0.2, 0) is 25.4 Å². The van der Waals surface area contributed by atoms with Crippen LogP contribution in [0.25, 0.3) is 10.9 Å². The van der Waals surface area contributed by atoms with E-state index in [0.717, 1.165) is 11.1 Å². The number of anilines is 3. The third kappa shape index (κ3) is 7.73. The lowest BCUT2D eigenvalue weighted by molar-refractivity contribution is -0.142. The summed E-state index contributed by atoms with van der Waals surface area (Å²) in [5.41, 5.74) is 6.84. The minimum Gasteiger partial charge on any atom is -0.495 e. The number of alkyl carbamates (subject to hydrolysis) is 1. The summed E-state index contributed by atoms with van der Waals surface area (Å²) in [6.07, 6.45) is 1.00. The molecule has 0 spiro atoms. The van der Waals surface area contributed by atoms with Crippen molar-refractivity contribution in [1.82, 2.24) is 10.3 Å². The van der Waals surface area contributed by atoms with Crippen molar-refractivity contribution in [3.8, 4) is 5.75 Å². The Labute approximate surface area is 312 Å². The van der Waals surface area contributed by atoms with E-state index in [4.69, 9.17) is 41.0 Å². The summed E-state index contributed by atoms with van der Waals surface area (Å²) < 4.78 is 29.3. The fraction of sp³-hybridized carbons (Fsp3) is 0.447. The lowest BCUT2D eigenvalue weighted by Crippen LogP contribution is -2.63. The molecule has 15 heteroatoms. The predicted molar refractivity (Wildman–Crippen MR) is 200 cm³/mol. The number of nitrogen functional groups attached to an aromatic ring is 1. The van der Waals surface area contributed by atoms with Gasteiger partial charge >= 0.3 is 12.2 Å². The lowest BCUT2D eigenvalue weighted by Gasteiger charge is -2.42. The van der Waals surface area contributed by atoms with E-state index in [1.54, 1.807) is 61.5 Å². The number of hydrogen-bond acceptors (Lipinski definition) is 12. The molecule has 1 unspecified atom stereocenters. The van der Waals surface area contributed by atoms with E-state index in [1.807, 2.05) is 32.1 Å². The monoisotopic (exact) mass is 751 g/mol. The number of ether oxygens (including phenoxy) is 5. The third-order valence-corrected chi connectivity index (χ3v) is 10.8. The number of allylic oxidation sites excluding steroid dienone is 3. The molecule has 0 saturated carbocycles. The van der Waals surface area contributed by atoms with Crippen LogP contribution in [0.5, 0.6) is 5.75 Å². The van der Waals surface area contributed by atoms with Crippen LogP contribution in [-0.4, -0.2) is 90.6 Å². The number of aliphatic hydroxyl groups excluding tert-OH is 1. The number of aromatic nitrogens is 1. The standard InChI is InChI=1S/C38H46ClN5O9/c1-20-9-7-11-29(50-6)38(48)19-28(51-36(47)43-38)21(2)34-37(3,53-34)30(18-31(45)44(4)26-16-22(15-20)17-27(49-5)32(26)39)52-35(46)42-25-13-12-24(40)23-10-8-14-41-33(23)25/h7-14,16-17,21,28-31,34,45,48H,15,18-19,40H2,1-6H3,(H,42,46)(H,43,47)/b11-7+,20-9+/t21-,28+,29-,30+,31?,34+,37+,38+/m1/s1. The SMILES string of the molecule is COc1cc2cc(c1Cl)N(C)C(O)C[C@H](OC(=O)Nc1ccc(N)c3cccnc13)[C@]1(C)O[C@H]1[C@H](C)[C@@H]1C[C@@](O)(NC(=O)O1)[C@H](OC)/C=C/C=C(\C)C2. The number of epoxide rings is 1. The topological polar surface area (TPSA) is 190 Å².